The van der Waals surface area contributed by atoms with Crippen molar-refractivity contribution in [3.05, 3.63) is 67.0 Å². The molecule has 3 aromatic heterocycles. The summed E-state index contributed by atoms with van der Waals surface area (Å²) >= 11 is 0. The fourth-order valence-corrected chi connectivity index (χ4v) is 2.25. The van der Waals surface area contributed by atoms with Gasteiger partial charge >= 0.3 is 0 Å². The molecule has 0 amide bonds. The fourth-order valence-electron chi connectivity index (χ4n) is 2.25. The molecule has 0 unspecified atom stereocenters. The Morgan fingerprint density at radius 1 is 0.792 bits per heavy atom. The van der Waals surface area contributed by atoms with E-state index in [1.54, 1.807) is 36.9 Å². The summed E-state index contributed by atoms with van der Waals surface area (Å²) in [6.07, 6.45) is 6.51. The highest BCUT2D eigenvalue weighted by molar-refractivity contribution is 5.86. The van der Waals surface area contributed by atoms with Gasteiger partial charge in [0.25, 0.3) is 0 Å². The molecule has 1 aromatic carbocycles. The van der Waals surface area contributed by atoms with Crippen LogP contribution < -0.4 is 5.32 Å². The maximum atomic E-state index is 13.1. The van der Waals surface area contributed by atoms with Crippen LogP contribution in [0.15, 0.2) is 61.2 Å². The number of hydrogen-bond donors (Lipinski definition) is 1. The summed E-state index contributed by atoms with van der Waals surface area (Å²) in [7, 11) is 0. The van der Waals surface area contributed by atoms with E-state index < -0.39 is 0 Å². The molecule has 0 aliphatic rings. The highest BCUT2D eigenvalue weighted by Crippen LogP contribution is 2.24. The Morgan fingerprint density at radius 3 is 2.33 bits per heavy atom. The maximum Gasteiger partial charge on any atom is 0.184 e. The number of fused-ring (bicyclic) bond motifs is 1. The second-order valence-corrected chi connectivity index (χ2v) is 4.99. The summed E-state index contributed by atoms with van der Waals surface area (Å²) in [4.78, 5) is 21.5. The zero-order valence-electron chi connectivity index (χ0n) is 12.4. The Morgan fingerprint density at radius 2 is 1.54 bits per heavy atom. The van der Waals surface area contributed by atoms with Crippen LogP contribution in [-0.2, 0) is 0 Å². The van der Waals surface area contributed by atoms with Gasteiger partial charge in [-0.3, -0.25) is 4.98 Å². The summed E-state index contributed by atoms with van der Waals surface area (Å²) < 4.78 is 13.1. The summed E-state index contributed by atoms with van der Waals surface area (Å²) in [6.45, 7) is 0. The minimum absolute atomic E-state index is 0.311. The van der Waals surface area contributed by atoms with E-state index >= 15 is 0 Å². The minimum atomic E-state index is -0.311. The van der Waals surface area contributed by atoms with E-state index in [0.29, 0.717) is 28.4 Å². The van der Waals surface area contributed by atoms with Crippen molar-refractivity contribution in [3.63, 3.8) is 0 Å². The number of aromatic nitrogens is 5. The molecule has 4 aromatic rings. The van der Waals surface area contributed by atoms with Crippen molar-refractivity contribution in [2.24, 2.45) is 0 Å². The Labute approximate surface area is 136 Å². The van der Waals surface area contributed by atoms with Gasteiger partial charge in [-0.1, -0.05) is 0 Å². The molecule has 1 N–H and O–H groups in total. The molecule has 7 heteroatoms. The minimum Gasteiger partial charge on any atom is -0.338 e. The van der Waals surface area contributed by atoms with Gasteiger partial charge in [-0.15, -0.1) is 0 Å². The van der Waals surface area contributed by atoms with Crippen LogP contribution in [0.25, 0.3) is 22.6 Å². The van der Waals surface area contributed by atoms with Crippen molar-refractivity contribution in [1.82, 2.24) is 24.9 Å². The molecular formula is C17H11FN6. The van der Waals surface area contributed by atoms with Gasteiger partial charge in [-0.25, -0.2) is 24.3 Å². The van der Waals surface area contributed by atoms with Crippen LogP contribution in [0.4, 0.5) is 15.9 Å². The molecule has 0 bridgehead atoms. The molecule has 0 fully saturated rings. The number of anilines is 2. The third-order valence-corrected chi connectivity index (χ3v) is 3.38. The van der Waals surface area contributed by atoms with Gasteiger partial charge in [-0.05, 0) is 36.4 Å². The molecule has 0 radical (unpaired) electrons. The Hall–Kier alpha value is -3.48. The van der Waals surface area contributed by atoms with Crippen molar-refractivity contribution in [2.75, 3.05) is 5.32 Å². The topological polar surface area (TPSA) is 76.5 Å². The summed E-state index contributed by atoms with van der Waals surface area (Å²) in [5.41, 5.74) is 2.53. The number of hydrogen-bond acceptors (Lipinski definition) is 6. The van der Waals surface area contributed by atoms with Crippen LogP contribution in [0, 0.1) is 5.82 Å². The van der Waals surface area contributed by atoms with E-state index in [9.17, 15) is 4.39 Å². The first-order chi connectivity index (χ1) is 11.8. The lowest BCUT2D eigenvalue weighted by molar-refractivity contribution is 0.628. The van der Waals surface area contributed by atoms with E-state index in [0.717, 1.165) is 5.69 Å². The van der Waals surface area contributed by atoms with Crippen LogP contribution in [0.2, 0.25) is 0 Å². The standard InChI is InChI=1S/C17H11FN6/c18-12-3-1-11(2-4-12)15-23-16-14(20-9-10-21-16)17(24-15)22-13-5-7-19-8-6-13/h1-10H,(H,19,21,22,23,24). The number of rotatable bonds is 3. The van der Waals surface area contributed by atoms with E-state index in [-0.39, 0.29) is 5.82 Å². The summed E-state index contributed by atoms with van der Waals surface area (Å²) in [6, 6.07) is 9.64. The molecule has 3 heterocycles. The first kappa shape index (κ1) is 14.1. The first-order valence-electron chi connectivity index (χ1n) is 7.21. The molecule has 0 spiro atoms. The van der Waals surface area contributed by atoms with Gasteiger partial charge in [0, 0.05) is 36.0 Å². The van der Waals surface area contributed by atoms with Crippen LogP contribution in [0.3, 0.4) is 0 Å². The third-order valence-electron chi connectivity index (χ3n) is 3.38. The van der Waals surface area contributed by atoms with Crippen LogP contribution in [0.1, 0.15) is 0 Å². The molecule has 0 saturated carbocycles. The van der Waals surface area contributed by atoms with Gasteiger partial charge in [0.1, 0.15) is 5.82 Å². The van der Waals surface area contributed by atoms with Gasteiger partial charge in [0.2, 0.25) is 0 Å². The Kier molecular flexibility index (Phi) is 3.51. The molecule has 6 nitrogen and oxygen atoms in total. The average Bonchev–Trinajstić information content (AvgIpc) is 2.63. The van der Waals surface area contributed by atoms with E-state index in [4.69, 9.17) is 0 Å². The number of nitrogens with one attached hydrogen (secondary N) is 1. The molecule has 0 saturated heterocycles. The lowest BCUT2D eigenvalue weighted by atomic mass is 10.2. The zero-order chi connectivity index (χ0) is 16.4. The SMILES string of the molecule is Fc1ccc(-c2nc(Nc3ccncc3)c3nccnc3n2)cc1. The average molecular weight is 318 g/mol. The van der Waals surface area contributed by atoms with Gasteiger partial charge in [-0.2, -0.15) is 0 Å². The lowest BCUT2D eigenvalue weighted by Gasteiger charge is -2.09. The highest BCUT2D eigenvalue weighted by atomic mass is 19.1. The number of pyridine rings is 1. The second kappa shape index (κ2) is 5.96. The van der Waals surface area contributed by atoms with Crippen molar-refractivity contribution >= 4 is 22.7 Å². The highest BCUT2D eigenvalue weighted by Gasteiger charge is 2.11. The smallest absolute Gasteiger partial charge is 0.184 e. The molecule has 24 heavy (non-hydrogen) atoms. The molecule has 0 aliphatic carbocycles. The zero-order valence-corrected chi connectivity index (χ0v) is 12.4. The number of benzene rings is 1. The Bertz CT molecular complexity index is 989. The van der Waals surface area contributed by atoms with Gasteiger partial charge < -0.3 is 5.32 Å². The normalized spacial score (nSPS) is 10.7. The van der Waals surface area contributed by atoms with Crippen molar-refractivity contribution in [1.29, 1.82) is 0 Å². The van der Waals surface area contributed by atoms with Crippen LogP contribution in [0.5, 0.6) is 0 Å². The first-order valence-corrected chi connectivity index (χ1v) is 7.21. The van der Waals surface area contributed by atoms with Gasteiger partial charge in [0.05, 0.1) is 0 Å². The Balaban J connectivity index is 1.86. The quantitative estimate of drug-likeness (QED) is 0.624. The fraction of sp³-hybridized carbons (Fsp3) is 0. The van der Waals surface area contributed by atoms with E-state index in [2.05, 4.69) is 30.2 Å². The molecule has 116 valence electrons. The molecule has 0 atom stereocenters. The molecule has 4 rings (SSSR count). The molecule has 0 aliphatic heterocycles. The van der Waals surface area contributed by atoms with Gasteiger partial charge in [0.15, 0.2) is 22.8 Å². The third kappa shape index (κ3) is 2.74. The monoisotopic (exact) mass is 318 g/mol. The lowest BCUT2D eigenvalue weighted by Crippen LogP contribution is -2.01. The molecular weight excluding hydrogens is 307 g/mol. The van der Waals surface area contributed by atoms with Crippen molar-refractivity contribution in [2.45, 2.75) is 0 Å². The predicted octanol–water partition coefficient (Wildman–Crippen LogP) is 3.36. The summed E-state index contributed by atoms with van der Waals surface area (Å²) in [5, 5.41) is 3.20. The van der Waals surface area contributed by atoms with Crippen LogP contribution in [-0.4, -0.2) is 24.9 Å². The van der Waals surface area contributed by atoms with E-state index in [1.165, 1.54) is 12.1 Å². The maximum absolute atomic E-state index is 13.1. The second-order valence-electron chi connectivity index (χ2n) is 4.99. The summed E-state index contributed by atoms with van der Waals surface area (Å²) in [5.74, 6) is 0.660. The number of halogens is 1. The van der Waals surface area contributed by atoms with Crippen molar-refractivity contribution < 1.29 is 4.39 Å². The predicted molar refractivity (Wildman–Crippen MR) is 88.0 cm³/mol. The van der Waals surface area contributed by atoms with Crippen molar-refractivity contribution in [3.8, 4) is 11.4 Å². The van der Waals surface area contributed by atoms with Crippen LogP contribution >= 0.6 is 0 Å². The van der Waals surface area contributed by atoms with E-state index in [1.807, 2.05) is 12.1 Å². The number of nitrogens with zero attached hydrogens (tertiary/aromatic N) is 5. The largest absolute Gasteiger partial charge is 0.338 e.